The summed E-state index contributed by atoms with van der Waals surface area (Å²) in [5.74, 6) is -0.560. The van der Waals surface area contributed by atoms with E-state index < -0.39 is 17.3 Å². The monoisotopic (exact) mass is 466 g/mol. The van der Waals surface area contributed by atoms with Crippen LogP contribution in [0.3, 0.4) is 0 Å². The van der Waals surface area contributed by atoms with E-state index in [1.807, 2.05) is 0 Å². The molecule has 168 valence electrons. The second-order valence-electron chi connectivity index (χ2n) is 7.67. The molecule has 0 aliphatic heterocycles. The Morgan fingerprint density at radius 3 is 2.55 bits per heavy atom. The van der Waals surface area contributed by atoms with Crippen LogP contribution in [0.2, 0.25) is 5.02 Å². The van der Waals surface area contributed by atoms with Crippen LogP contribution in [0, 0.1) is 26.6 Å². The van der Waals surface area contributed by atoms with E-state index in [4.69, 9.17) is 16.1 Å². The zero-order chi connectivity index (χ0) is 23.7. The van der Waals surface area contributed by atoms with Crippen molar-refractivity contribution in [2.24, 2.45) is 0 Å². The molecule has 0 aliphatic rings. The molecule has 0 spiro atoms. The van der Waals surface area contributed by atoms with E-state index in [0.717, 1.165) is 0 Å². The van der Waals surface area contributed by atoms with Gasteiger partial charge in [-0.2, -0.15) is 4.98 Å². The third-order valence-electron chi connectivity index (χ3n) is 5.22. The number of nitrogens with zero attached hydrogens (tertiary/aromatic N) is 3. The number of carbonyl (C=O) groups is 1. The summed E-state index contributed by atoms with van der Waals surface area (Å²) >= 11 is 5.92. The molecule has 1 N–H and O–H groups in total. The van der Waals surface area contributed by atoms with Crippen LogP contribution in [0.25, 0.3) is 22.8 Å². The number of hydrogen-bond donors (Lipinski definition) is 1. The fraction of sp³-hybridized carbons (Fsp3) is 0.167. The van der Waals surface area contributed by atoms with E-state index in [-0.39, 0.29) is 18.0 Å². The molecule has 9 heteroatoms. The Labute approximate surface area is 193 Å². The Balaban J connectivity index is 1.65. The molecule has 2 aromatic carbocycles. The van der Waals surface area contributed by atoms with Gasteiger partial charge in [-0.05, 0) is 74.4 Å². The summed E-state index contributed by atoms with van der Waals surface area (Å²) in [6, 6.07) is 12.8. The lowest BCUT2D eigenvalue weighted by molar-refractivity contribution is -0.116. The lowest BCUT2D eigenvalue weighted by Gasteiger charge is -2.14. The predicted octanol–water partition coefficient (Wildman–Crippen LogP) is 4.92. The number of pyridine rings is 1. The van der Waals surface area contributed by atoms with E-state index in [2.05, 4.69) is 15.5 Å². The summed E-state index contributed by atoms with van der Waals surface area (Å²) in [5.41, 5.74) is 2.74. The Morgan fingerprint density at radius 2 is 1.82 bits per heavy atom. The van der Waals surface area contributed by atoms with E-state index in [0.29, 0.717) is 38.9 Å². The van der Waals surface area contributed by atoms with Gasteiger partial charge in [0.1, 0.15) is 17.9 Å². The van der Waals surface area contributed by atoms with Crippen LogP contribution in [0.5, 0.6) is 0 Å². The molecule has 1 amide bonds. The molecule has 2 heterocycles. The Morgan fingerprint density at radius 1 is 1.09 bits per heavy atom. The van der Waals surface area contributed by atoms with Crippen molar-refractivity contribution in [1.29, 1.82) is 0 Å². The van der Waals surface area contributed by atoms with E-state index in [1.165, 1.54) is 16.7 Å². The summed E-state index contributed by atoms with van der Waals surface area (Å²) in [6.07, 6.45) is 0. The van der Waals surface area contributed by atoms with E-state index in [1.54, 1.807) is 57.2 Å². The first-order chi connectivity index (χ1) is 15.7. The molecular weight excluding hydrogens is 447 g/mol. The molecule has 0 aliphatic carbocycles. The predicted molar refractivity (Wildman–Crippen MR) is 124 cm³/mol. The number of hydrogen-bond acceptors (Lipinski definition) is 5. The van der Waals surface area contributed by atoms with Gasteiger partial charge in [-0.3, -0.25) is 9.59 Å². The van der Waals surface area contributed by atoms with E-state index in [9.17, 15) is 14.0 Å². The maximum atomic E-state index is 13.5. The largest absolute Gasteiger partial charge is 0.333 e. The van der Waals surface area contributed by atoms with Gasteiger partial charge in [-0.1, -0.05) is 22.8 Å². The van der Waals surface area contributed by atoms with Gasteiger partial charge in [0.25, 0.3) is 11.4 Å². The number of benzene rings is 2. The maximum absolute atomic E-state index is 13.5. The molecule has 2 aromatic heterocycles. The molecule has 33 heavy (non-hydrogen) atoms. The molecule has 7 nitrogen and oxygen atoms in total. The smallest absolute Gasteiger partial charge is 0.264 e. The molecular formula is C24H20ClFN4O3. The second kappa shape index (κ2) is 8.99. The summed E-state index contributed by atoms with van der Waals surface area (Å²) in [7, 11) is 0. The molecule has 4 aromatic rings. The average molecular weight is 467 g/mol. The molecule has 0 saturated carbocycles. The fourth-order valence-electron chi connectivity index (χ4n) is 3.49. The first-order valence-corrected chi connectivity index (χ1v) is 10.5. The number of nitrogens with one attached hydrogen (secondary N) is 1. The normalized spacial score (nSPS) is 10.9. The van der Waals surface area contributed by atoms with Crippen LogP contribution in [0.1, 0.15) is 16.8 Å². The highest BCUT2D eigenvalue weighted by molar-refractivity contribution is 6.30. The molecule has 0 fully saturated rings. The highest BCUT2D eigenvalue weighted by Crippen LogP contribution is 2.24. The number of aromatic nitrogens is 3. The fourth-order valence-corrected chi connectivity index (χ4v) is 3.61. The highest BCUT2D eigenvalue weighted by atomic mass is 35.5. The summed E-state index contributed by atoms with van der Waals surface area (Å²) < 4.78 is 20.2. The van der Waals surface area contributed by atoms with Crippen LogP contribution >= 0.6 is 11.6 Å². The van der Waals surface area contributed by atoms with Gasteiger partial charge in [0.05, 0.1) is 0 Å². The van der Waals surface area contributed by atoms with Gasteiger partial charge in [0.2, 0.25) is 11.7 Å². The third-order valence-corrected chi connectivity index (χ3v) is 5.47. The number of carbonyl (C=O) groups excluding carboxylic acids is 1. The minimum absolute atomic E-state index is 0.0533. The Hall–Kier alpha value is -3.78. The number of amides is 1. The van der Waals surface area contributed by atoms with Crippen molar-refractivity contribution in [3.8, 4) is 22.8 Å². The molecule has 0 radical (unpaired) electrons. The van der Waals surface area contributed by atoms with Crippen molar-refractivity contribution < 1.29 is 13.7 Å². The first kappa shape index (κ1) is 22.4. The van der Waals surface area contributed by atoms with Crippen LogP contribution in [-0.2, 0) is 11.3 Å². The van der Waals surface area contributed by atoms with Crippen LogP contribution in [0.15, 0.2) is 57.8 Å². The van der Waals surface area contributed by atoms with Crippen molar-refractivity contribution in [2.45, 2.75) is 27.3 Å². The minimum Gasteiger partial charge on any atom is -0.333 e. The number of rotatable bonds is 5. The van der Waals surface area contributed by atoms with Gasteiger partial charge < -0.3 is 14.4 Å². The average Bonchev–Trinajstić information content (AvgIpc) is 3.24. The van der Waals surface area contributed by atoms with Crippen molar-refractivity contribution in [3.63, 3.8) is 0 Å². The minimum atomic E-state index is -0.463. The van der Waals surface area contributed by atoms with Crippen LogP contribution in [-0.4, -0.2) is 20.6 Å². The van der Waals surface area contributed by atoms with Gasteiger partial charge in [0, 0.05) is 22.0 Å². The van der Waals surface area contributed by atoms with Crippen molar-refractivity contribution in [1.82, 2.24) is 14.7 Å². The third kappa shape index (κ3) is 4.70. The molecule has 0 saturated heterocycles. The van der Waals surface area contributed by atoms with Crippen molar-refractivity contribution in [2.75, 3.05) is 5.32 Å². The van der Waals surface area contributed by atoms with Gasteiger partial charge in [0.15, 0.2) is 0 Å². The zero-order valence-electron chi connectivity index (χ0n) is 18.1. The summed E-state index contributed by atoms with van der Waals surface area (Å²) in [6.45, 7) is 4.98. The second-order valence-corrected chi connectivity index (χ2v) is 8.11. The molecule has 4 rings (SSSR count). The quantitative estimate of drug-likeness (QED) is 0.450. The molecule has 0 unspecified atom stereocenters. The summed E-state index contributed by atoms with van der Waals surface area (Å²) in [4.78, 5) is 30.3. The Bertz CT molecular complexity index is 1410. The Kier molecular flexibility index (Phi) is 6.11. The number of halogens is 2. The zero-order valence-corrected chi connectivity index (χ0v) is 18.9. The standard InChI is InChI=1S/C24H20ClFN4O3/c1-13-4-9-18(26)11-19(13)27-20(31)12-30-15(3)10-14(2)21(24(30)32)23-28-22(29-33-23)16-5-7-17(25)8-6-16/h4-11H,12H2,1-3H3,(H,27,31). The van der Waals surface area contributed by atoms with Gasteiger partial charge in [-0.15, -0.1) is 0 Å². The maximum Gasteiger partial charge on any atom is 0.264 e. The highest BCUT2D eigenvalue weighted by Gasteiger charge is 2.20. The van der Waals surface area contributed by atoms with Crippen LogP contribution in [0.4, 0.5) is 10.1 Å². The number of anilines is 1. The van der Waals surface area contributed by atoms with Gasteiger partial charge in [-0.25, -0.2) is 4.39 Å². The van der Waals surface area contributed by atoms with E-state index >= 15 is 0 Å². The first-order valence-electron chi connectivity index (χ1n) is 10.1. The van der Waals surface area contributed by atoms with Crippen molar-refractivity contribution in [3.05, 3.63) is 86.5 Å². The number of aryl methyl sites for hydroxylation is 3. The SMILES string of the molecule is Cc1ccc(F)cc1NC(=O)Cn1c(C)cc(C)c(-c2nc(-c3ccc(Cl)cc3)no2)c1=O. The van der Waals surface area contributed by atoms with Crippen LogP contribution < -0.4 is 10.9 Å². The lowest BCUT2D eigenvalue weighted by atomic mass is 10.1. The lowest BCUT2D eigenvalue weighted by Crippen LogP contribution is -2.31. The topological polar surface area (TPSA) is 90.0 Å². The summed E-state index contributed by atoms with van der Waals surface area (Å²) in [5, 5.41) is 7.20. The van der Waals surface area contributed by atoms with Gasteiger partial charge >= 0.3 is 0 Å². The van der Waals surface area contributed by atoms with Crippen molar-refractivity contribution >= 4 is 23.2 Å². The molecule has 0 atom stereocenters. The molecule has 0 bridgehead atoms.